The van der Waals surface area contributed by atoms with Crippen LogP contribution in [-0.2, 0) is 36.5 Å². The predicted octanol–water partition coefficient (Wildman–Crippen LogP) is 5.37. The van der Waals surface area contributed by atoms with Crippen molar-refractivity contribution in [2.75, 3.05) is 18.6 Å². The van der Waals surface area contributed by atoms with Gasteiger partial charge in [0, 0.05) is 44.1 Å². The number of ether oxygens (including phenoxy) is 1. The van der Waals surface area contributed by atoms with Crippen LogP contribution in [0.2, 0.25) is 0 Å². The zero-order valence-corrected chi connectivity index (χ0v) is 23.0. The molecule has 0 saturated heterocycles. The molecule has 0 bridgehead atoms. The molecule has 1 aliphatic heterocycles. The number of aryl methyl sites for hydroxylation is 1. The lowest BCUT2D eigenvalue weighted by Crippen LogP contribution is -2.47. The number of alkyl halides is 3. The number of fused-ring (bicyclic) bond motifs is 1. The van der Waals surface area contributed by atoms with Crippen molar-refractivity contribution in [2.45, 2.75) is 69.2 Å². The number of halogens is 3. The number of nitrogens with one attached hydrogen (secondary N) is 1. The molecule has 10 heteroatoms. The molecule has 6 rings (SSSR count). The van der Waals surface area contributed by atoms with Gasteiger partial charge in [0.25, 0.3) is 5.91 Å². The SMILES string of the molecule is COC[C@H]1C[C@](c2cccc(N3Cc4c(cc(CNC5(C)CCC5)cc4C(F)(F)F)C3=O)c2)(c2nncn2C)C1. The van der Waals surface area contributed by atoms with Gasteiger partial charge in [-0.3, -0.25) is 4.79 Å². The molecular formula is C30H34F3N5O2. The van der Waals surface area contributed by atoms with Crippen molar-refractivity contribution >= 4 is 11.6 Å². The number of rotatable bonds is 8. The Kier molecular flexibility index (Phi) is 6.53. The second-order valence-electron chi connectivity index (χ2n) is 12.0. The Hall–Kier alpha value is -3.24. The number of nitrogens with zero attached hydrogens (tertiary/aromatic N) is 4. The first-order valence-electron chi connectivity index (χ1n) is 13.8. The zero-order valence-electron chi connectivity index (χ0n) is 23.0. The maximum absolute atomic E-state index is 14.2. The number of methoxy groups -OCH3 is 1. The van der Waals surface area contributed by atoms with Crippen molar-refractivity contribution in [3.05, 3.63) is 76.4 Å². The number of hydrogen-bond acceptors (Lipinski definition) is 5. The third kappa shape index (κ3) is 4.51. The fraction of sp³-hybridized carbons (Fsp3) is 0.500. The Morgan fingerprint density at radius 3 is 2.58 bits per heavy atom. The summed E-state index contributed by atoms with van der Waals surface area (Å²) >= 11 is 0. The molecular weight excluding hydrogens is 519 g/mol. The summed E-state index contributed by atoms with van der Waals surface area (Å²) in [7, 11) is 3.59. The summed E-state index contributed by atoms with van der Waals surface area (Å²) in [5.74, 6) is 0.768. The van der Waals surface area contributed by atoms with Crippen molar-refractivity contribution in [2.24, 2.45) is 13.0 Å². The van der Waals surface area contributed by atoms with Crippen molar-refractivity contribution in [1.82, 2.24) is 20.1 Å². The van der Waals surface area contributed by atoms with Gasteiger partial charge in [-0.1, -0.05) is 12.1 Å². The van der Waals surface area contributed by atoms with E-state index in [9.17, 15) is 18.0 Å². The van der Waals surface area contributed by atoms with Gasteiger partial charge in [0.1, 0.15) is 12.2 Å². The minimum absolute atomic E-state index is 0.0355. The van der Waals surface area contributed by atoms with E-state index < -0.39 is 23.1 Å². The van der Waals surface area contributed by atoms with Crippen LogP contribution in [0.1, 0.15) is 77.5 Å². The minimum atomic E-state index is -4.56. The van der Waals surface area contributed by atoms with Crippen LogP contribution in [0.4, 0.5) is 18.9 Å². The van der Waals surface area contributed by atoms with Crippen LogP contribution in [0, 0.1) is 5.92 Å². The molecule has 0 unspecified atom stereocenters. The van der Waals surface area contributed by atoms with Crippen LogP contribution in [0.15, 0.2) is 42.7 Å². The Morgan fingerprint density at radius 1 is 1.18 bits per heavy atom. The number of hydrogen-bond donors (Lipinski definition) is 1. The van der Waals surface area contributed by atoms with E-state index in [0.717, 1.165) is 43.5 Å². The smallest absolute Gasteiger partial charge is 0.384 e. The van der Waals surface area contributed by atoms with E-state index in [2.05, 4.69) is 22.4 Å². The van der Waals surface area contributed by atoms with Crippen LogP contribution in [-0.4, -0.2) is 39.9 Å². The topological polar surface area (TPSA) is 72.3 Å². The Labute approximate surface area is 231 Å². The van der Waals surface area contributed by atoms with Gasteiger partial charge < -0.3 is 19.5 Å². The lowest BCUT2D eigenvalue weighted by Gasteiger charge is -2.47. The molecule has 2 saturated carbocycles. The summed E-state index contributed by atoms with van der Waals surface area (Å²) in [6.07, 6.45) is 1.82. The molecule has 7 nitrogen and oxygen atoms in total. The highest BCUT2D eigenvalue weighted by molar-refractivity contribution is 6.10. The molecule has 2 fully saturated rings. The van der Waals surface area contributed by atoms with Gasteiger partial charge in [-0.25, -0.2) is 0 Å². The molecule has 0 atom stereocenters. The number of benzene rings is 2. The van der Waals surface area contributed by atoms with E-state index in [1.54, 1.807) is 25.6 Å². The van der Waals surface area contributed by atoms with Gasteiger partial charge in [0.2, 0.25) is 0 Å². The normalized spacial score (nSPS) is 23.6. The molecule has 3 aliphatic rings. The van der Waals surface area contributed by atoms with Gasteiger partial charge >= 0.3 is 6.18 Å². The number of anilines is 1. The van der Waals surface area contributed by atoms with Gasteiger partial charge in [-0.15, -0.1) is 10.2 Å². The highest BCUT2D eigenvalue weighted by Gasteiger charge is 2.50. The first-order valence-corrected chi connectivity index (χ1v) is 13.8. The summed E-state index contributed by atoms with van der Waals surface area (Å²) < 4.78 is 50.0. The van der Waals surface area contributed by atoms with E-state index >= 15 is 0 Å². The molecule has 40 heavy (non-hydrogen) atoms. The molecule has 0 radical (unpaired) electrons. The van der Waals surface area contributed by atoms with E-state index in [4.69, 9.17) is 4.74 Å². The lowest BCUT2D eigenvalue weighted by atomic mass is 9.58. The maximum Gasteiger partial charge on any atom is 0.416 e. The summed E-state index contributed by atoms with van der Waals surface area (Å²) in [6.45, 7) is 2.89. The lowest BCUT2D eigenvalue weighted by molar-refractivity contribution is -0.138. The fourth-order valence-corrected chi connectivity index (χ4v) is 6.75. The Bertz CT molecular complexity index is 1440. The van der Waals surface area contributed by atoms with Gasteiger partial charge in [-0.05, 0) is 85.9 Å². The molecule has 212 valence electrons. The van der Waals surface area contributed by atoms with Crippen molar-refractivity contribution < 1.29 is 22.7 Å². The zero-order chi connectivity index (χ0) is 28.3. The van der Waals surface area contributed by atoms with Crippen LogP contribution in [0.3, 0.4) is 0 Å². The van der Waals surface area contributed by atoms with E-state index in [-0.39, 0.29) is 23.2 Å². The van der Waals surface area contributed by atoms with Crippen LogP contribution in [0.25, 0.3) is 0 Å². The van der Waals surface area contributed by atoms with Gasteiger partial charge in [0.05, 0.1) is 17.5 Å². The standard InChI is InChI=1S/C30H34F3N5O2/c1-28(8-5-9-28)34-15-19-10-23-24(25(11-19)30(31,32)33)16-38(26(23)39)22-7-4-6-21(12-22)29(13-20(14-29)17-40-3)27-36-35-18-37(27)2/h4,6-7,10-12,18,20,34H,5,8-9,13-17H2,1-3H3/t20-,29-. The van der Waals surface area contributed by atoms with Gasteiger partial charge in [0.15, 0.2) is 0 Å². The van der Waals surface area contributed by atoms with Crippen molar-refractivity contribution in [3.63, 3.8) is 0 Å². The van der Waals surface area contributed by atoms with Crippen molar-refractivity contribution in [3.8, 4) is 0 Å². The molecule has 2 aliphatic carbocycles. The van der Waals surface area contributed by atoms with E-state index in [1.165, 1.54) is 11.0 Å². The fourth-order valence-electron chi connectivity index (χ4n) is 6.75. The monoisotopic (exact) mass is 553 g/mol. The summed E-state index contributed by atoms with van der Waals surface area (Å²) in [5.41, 5.74) is 0.977. The second kappa shape index (κ2) is 9.69. The third-order valence-electron chi connectivity index (χ3n) is 9.11. The number of aromatic nitrogens is 3. The second-order valence-corrected chi connectivity index (χ2v) is 12.0. The first-order chi connectivity index (χ1) is 19.0. The van der Waals surface area contributed by atoms with E-state index in [1.807, 2.05) is 29.8 Å². The van der Waals surface area contributed by atoms with Crippen LogP contribution < -0.4 is 10.2 Å². The molecule has 0 spiro atoms. The van der Waals surface area contributed by atoms with Gasteiger partial charge in [-0.2, -0.15) is 13.2 Å². The van der Waals surface area contributed by atoms with E-state index in [0.29, 0.717) is 30.3 Å². The number of carbonyl (C=O) groups is 1. The summed E-state index contributed by atoms with van der Waals surface area (Å²) in [4.78, 5) is 15.1. The average Bonchev–Trinajstić information content (AvgIpc) is 3.45. The number of carbonyl (C=O) groups excluding carboxylic acids is 1. The minimum Gasteiger partial charge on any atom is -0.384 e. The molecule has 1 aromatic heterocycles. The highest BCUT2D eigenvalue weighted by atomic mass is 19.4. The molecule has 2 heterocycles. The predicted molar refractivity (Wildman–Crippen MR) is 144 cm³/mol. The average molecular weight is 554 g/mol. The first kappa shape index (κ1) is 27.0. The Balaban J connectivity index is 1.33. The maximum atomic E-state index is 14.2. The summed E-state index contributed by atoms with van der Waals surface area (Å²) in [6, 6.07) is 10.4. The molecule has 2 aromatic carbocycles. The van der Waals surface area contributed by atoms with Crippen LogP contribution in [0.5, 0.6) is 0 Å². The Morgan fingerprint density at radius 2 is 1.95 bits per heavy atom. The molecule has 1 amide bonds. The largest absolute Gasteiger partial charge is 0.416 e. The quantitative estimate of drug-likeness (QED) is 0.406. The third-order valence-corrected chi connectivity index (χ3v) is 9.11. The number of amides is 1. The highest BCUT2D eigenvalue weighted by Crippen LogP contribution is 2.52. The van der Waals surface area contributed by atoms with Crippen molar-refractivity contribution in [1.29, 1.82) is 0 Å². The summed E-state index contributed by atoms with van der Waals surface area (Å²) in [5, 5.41) is 11.9. The van der Waals surface area contributed by atoms with Crippen LogP contribution >= 0.6 is 0 Å². The molecule has 3 aromatic rings. The molecule has 1 N–H and O–H groups in total.